The number of carbonyl (C=O) groups excluding carboxylic acids is 2. The topological polar surface area (TPSA) is 102 Å². The van der Waals surface area contributed by atoms with Crippen molar-refractivity contribution in [1.29, 1.82) is 0 Å². The zero-order valence-electron chi connectivity index (χ0n) is 13.3. The molecule has 0 aliphatic heterocycles. The van der Waals surface area contributed by atoms with Crippen molar-refractivity contribution in [2.75, 3.05) is 0 Å². The van der Waals surface area contributed by atoms with E-state index in [9.17, 15) is 14.0 Å². The van der Waals surface area contributed by atoms with Crippen molar-refractivity contribution in [2.45, 2.75) is 32.0 Å². The third-order valence-corrected chi connectivity index (χ3v) is 3.41. The van der Waals surface area contributed by atoms with Gasteiger partial charge in [0.05, 0.1) is 19.0 Å². The lowest BCUT2D eigenvalue weighted by molar-refractivity contribution is -0.122. The predicted octanol–water partition coefficient (Wildman–Crippen LogP) is 1.33. The fourth-order valence-electron chi connectivity index (χ4n) is 2.42. The fourth-order valence-corrected chi connectivity index (χ4v) is 2.42. The summed E-state index contributed by atoms with van der Waals surface area (Å²) in [5, 5.41) is 9.27. The van der Waals surface area contributed by atoms with Crippen LogP contribution in [0, 0.1) is 5.82 Å². The molecule has 0 spiro atoms. The van der Waals surface area contributed by atoms with E-state index < -0.39 is 17.9 Å². The molecule has 1 aromatic carbocycles. The van der Waals surface area contributed by atoms with Gasteiger partial charge in [-0.3, -0.25) is 9.48 Å². The predicted molar refractivity (Wildman–Crippen MR) is 86.3 cm³/mol. The Kier molecular flexibility index (Phi) is 5.89. The van der Waals surface area contributed by atoms with Gasteiger partial charge in [0.15, 0.2) is 0 Å². The van der Waals surface area contributed by atoms with Crippen molar-refractivity contribution < 1.29 is 14.0 Å². The zero-order chi connectivity index (χ0) is 17.5. The molecule has 24 heavy (non-hydrogen) atoms. The first kappa shape index (κ1) is 17.5. The number of urea groups is 1. The fraction of sp³-hybridized carbons (Fsp3) is 0.312. The van der Waals surface area contributed by atoms with E-state index in [2.05, 4.69) is 15.7 Å². The molecule has 0 saturated heterocycles. The van der Waals surface area contributed by atoms with E-state index in [1.165, 1.54) is 18.2 Å². The van der Waals surface area contributed by atoms with Crippen molar-refractivity contribution in [3.63, 3.8) is 0 Å². The van der Waals surface area contributed by atoms with Crippen LogP contribution in [0.3, 0.4) is 0 Å². The molecule has 1 aromatic heterocycles. The molecule has 2 rings (SSSR count). The Morgan fingerprint density at radius 2 is 2.04 bits per heavy atom. The molecule has 0 saturated carbocycles. The second-order valence-corrected chi connectivity index (χ2v) is 5.48. The Hall–Kier alpha value is -2.90. The number of nitrogens with two attached hydrogens (primary N) is 1. The van der Waals surface area contributed by atoms with Crippen LogP contribution in [-0.4, -0.2) is 27.8 Å². The molecule has 3 amide bonds. The lowest BCUT2D eigenvalue weighted by Gasteiger charge is -2.20. The molecule has 128 valence electrons. The van der Waals surface area contributed by atoms with Gasteiger partial charge in [-0.2, -0.15) is 5.10 Å². The van der Waals surface area contributed by atoms with Crippen molar-refractivity contribution in [3.8, 4) is 0 Å². The Labute approximate surface area is 139 Å². The maximum Gasteiger partial charge on any atom is 0.312 e. The van der Waals surface area contributed by atoms with Crippen LogP contribution in [0.5, 0.6) is 0 Å². The van der Waals surface area contributed by atoms with Gasteiger partial charge in [-0.1, -0.05) is 18.2 Å². The Bertz CT molecular complexity index is 690. The smallest absolute Gasteiger partial charge is 0.312 e. The Morgan fingerprint density at radius 3 is 2.67 bits per heavy atom. The van der Waals surface area contributed by atoms with Gasteiger partial charge >= 0.3 is 6.03 Å². The van der Waals surface area contributed by atoms with E-state index in [-0.39, 0.29) is 23.9 Å². The number of hydrogen-bond donors (Lipinski definition) is 3. The summed E-state index contributed by atoms with van der Waals surface area (Å²) in [4.78, 5) is 23.4. The van der Waals surface area contributed by atoms with Gasteiger partial charge < -0.3 is 16.4 Å². The highest BCUT2D eigenvalue weighted by Gasteiger charge is 2.21. The van der Waals surface area contributed by atoms with Crippen molar-refractivity contribution in [2.24, 2.45) is 5.73 Å². The summed E-state index contributed by atoms with van der Waals surface area (Å²) in [5.41, 5.74) is 5.35. The SMILES string of the molecule is C[C@@H](Cn1cccn1)NC(=O)C[C@@H](NC(N)=O)c1ccccc1F. The van der Waals surface area contributed by atoms with Gasteiger partial charge in [0.1, 0.15) is 5.82 Å². The summed E-state index contributed by atoms with van der Waals surface area (Å²) >= 11 is 0. The average Bonchev–Trinajstić information content (AvgIpc) is 2.99. The monoisotopic (exact) mass is 333 g/mol. The molecule has 7 nitrogen and oxygen atoms in total. The number of nitrogens with zero attached hydrogens (tertiary/aromatic N) is 2. The molecule has 0 radical (unpaired) electrons. The van der Waals surface area contributed by atoms with Gasteiger partial charge in [0, 0.05) is 24.0 Å². The molecule has 4 N–H and O–H groups in total. The normalized spacial score (nSPS) is 13.1. The number of nitrogens with one attached hydrogen (secondary N) is 2. The number of hydrogen-bond acceptors (Lipinski definition) is 3. The minimum absolute atomic E-state index is 0.118. The van der Waals surface area contributed by atoms with E-state index >= 15 is 0 Å². The van der Waals surface area contributed by atoms with Crippen molar-refractivity contribution in [3.05, 3.63) is 54.1 Å². The molecule has 2 atom stereocenters. The van der Waals surface area contributed by atoms with Crippen LogP contribution in [0.2, 0.25) is 0 Å². The summed E-state index contributed by atoms with van der Waals surface area (Å²) in [6.45, 7) is 2.34. The number of carbonyl (C=O) groups is 2. The number of halogens is 1. The van der Waals surface area contributed by atoms with Crippen LogP contribution in [-0.2, 0) is 11.3 Å². The molecule has 1 heterocycles. The minimum Gasteiger partial charge on any atom is -0.352 e. The van der Waals surface area contributed by atoms with Gasteiger partial charge in [-0.25, -0.2) is 9.18 Å². The van der Waals surface area contributed by atoms with Crippen LogP contribution < -0.4 is 16.4 Å². The largest absolute Gasteiger partial charge is 0.352 e. The summed E-state index contributed by atoms with van der Waals surface area (Å²) in [5.74, 6) is -0.828. The van der Waals surface area contributed by atoms with Gasteiger partial charge in [-0.05, 0) is 19.1 Å². The number of aromatic nitrogens is 2. The maximum atomic E-state index is 13.9. The van der Waals surface area contributed by atoms with E-state index in [0.717, 1.165) is 0 Å². The second-order valence-electron chi connectivity index (χ2n) is 5.48. The number of amides is 3. The number of benzene rings is 1. The quantitative estimate of drug-likeness (QED) is 0.712. The van der Waals surface area contributed by atoms with Crippen molar-refractivity contribution in [1.82, 2.24) is 20.4 Å². The molecular formula is C16H20FN5O2. The summed E-state index contributed by atoms with van der Waals surface area (Å²) in [6.07, 6.45) is 3.33. The van der Waals surface area contributed by atoms with Crippen molar-refractivity contribution >= 4 is 11.9 Å². The van der Waals surface area contributed by atoms with Crippen LogP contribution >= 0.6 is 0 Å². The summed E-state index contributed by atoms with van der Waals surface area (Å²) in [7, 11) is 0. The molecule has 0 fully saturated rings. The van der Waals surface area contributed by atoms with E-state index in [4.69, 9.17) is 5.73 Å². The first-order valence-corrected chi connectivity index (χ1v) is 7.53. The van der Waals surface area contributed by atoms with E-state index in [1.807, 2.05) is 6.92 Å². The highest BCUT2D eigenvalue weighted by molar-refractivity contribution is 5.79. The van der Waals surface area contributed by atoms with E-state index in [1.54, 1.807) is 29.2 Å². The molecular weight excluding hydrogens is 313 g/mol. The minimum atomic E-state index is -0.833. The van der Waals surface area contributed by atoms with Crippen LogP contribution in [0.1, 0.15) is 24.9 Å². The van der Waals surface area contributed by atoms with Crippen LogP contribution in [0.25, 0.3) is 0 Å². The zero-order valence-corrected chi connectivity index (χ0v) is 13.3. The third-order valence-electron chi connectivity index (χ3n) is 3.41. The highest BCUT2D eigenvalue weighted by Crippen LogP contribution is 2.20. The van der Waals surface area contributed by atoms with Gasteiger partial charge in [0.2, 0.25) is 5.91 Å². The molecule has 8 heteroatoms. The highest BCUT2D eigenvalue weighted by atomic mass is 19.1. The van der Waals surface area contributed by atoms with Crippen LogP contribution in [0.15, 0.2) is 42.7 Å². The summed E-state index contributed by atoms with van der Waals surface area (Å²) < 4.78 is 15.6. The molecule has 0 aliphatic rings. The first-order valence-electron chi connectivity index (χ1n) is 7.53. The average molecular weight is 333 g/mol. The second kappa shape index (κ2) is 8.09. The number of primary amides is 1. The molecule has 0 bridgehead atoms. The first-order chi connectivity index (χ1) is 11.5. The standard InChI is InChI=1S/C16H20FN5O2/c1-11(10-22-8-4-7-19-22)20-15(23)9-14(21-16(18)24)12-5-2-3-6-13(12)17/h2-8,11,14H,9-10H2,1H3,(H,20,23)(H3,18,21,24)/t11-,14+/m0/s1. The molecule has 2 aromatic rings. The Balaban J connectivity index is 1.99. The lowest BCUT2D eigenvalue weighted by atomic mass is 10.0. The van der Waals surface area contributed by atoms with Gasteiger partial charge in [-0.15, -0.1) is 0 Å². The Morgan fingerprint density at radius 1 is 1.29 bits per heavy atom. The van der Waals surface area contributed by atoms with Gasteiger partial charge in [0.25, 0.3) is 0 Å². The molecule has 0 aliphatic carbocycles. The third kappa shape index (κ3) is 5.08. The maximum absolute atomic E-state index is 13.9. The van der Waals surface area contributed by atoms with Crippen LogP contribution in [0.4, 0.5) is 9.18 Å². The summed E-state index contributed by atoms with van der Waals surface area (Å²) in [6, 6.07) is 5.91. The lowest BCUT2D eigenvalue weighted by Crippen LogP contribution is -2.40. The van der Waals surface area contributed by atoms with E-state index in [0.29, 0.717) is 6.54 Å². The number of rotatable bonds is 7. The molecule has 0 unspecified atom stereocenters.